The predicted octanol–water partition coefficient (Wildman–Crippen LogP) is 2.14. The third-order valence-electron chi connectivity index (χ3n) is 3.60. The maximum Gasteiger partial charge on any atom is 0.253 e. The molecule has 0 saturated carbocycles. The van der Waals surface area contributed by atoms with Gasteiger partial charge in [-0.2, -0.15) is 0 Å². The van der Waals surface area contributed by atoms with Crippen LogP contribution < -0.4 is 20.5 Å². The van der Waals surface area contributed by atoms with Crippen molar-refractivity contribution in [2.24, 2.45) is 11.1 Å². The SMILES string of the molecule is COc1cc(C(=O)N(C)CC(C)(C)CN)cc(NC(C)=O)c1OC.Cl. The van der Waals surface area contributed by atoms with Crippen LogP contribution in [0.25, 0.3) is 0 Å². The molecule has 0 aliphatic heterocycles. The van der Waals surface area contributed by atoms with Crippen molar-refractivity contribution in [1.29, 1.82) is 0 Å². The van der Waals surface area contributed by atoms with Gasteiger partial charge in [0.25, 0.3) is 5.91 Å². The molecule has 0 aliphatic rings. The van der Waals surface area contributed by atoms with Crippen LogP contribution >= 0.6 is 12.4 Å². The molecule has 1 aromatic carbocycles. The van der Waals surface area contributed by atoms with E-state index in [4.69, 9.17) is 15.2 Å². The summed E-state index contributed by atoms with van der Waals surface area (Å²) in [4.78, 5) is 25.7. The number of nitrogens with one attached hydrogen (secondary N) is 1. The summed E-state index contributed by atoms with van der Waals surface area (Å²) in [5.41, 5.74) is 6.32. The van der Waals surface area contributed by atoms with Gasteiger partial charge in [-0.3, -0.25) is 9.59 Å². The molecule has 3 N–H and O–H groups in total. The fraction of sp³-hybridized carbons (Fsp3) is 0.529. The Kier molecular flexibility index (Phi) is 8.73. The Morgan fingerprint density at radius 1 is 1.24 bits per heavy atom. The lowest BCUT2D eigenvalue weighted by atomic mass is 9.93. The third-order valence-corrected chi connectivity index (χ3v) is 3.60. The Morgan fingerprint density at radius 3 is 2.28 bits per heavy atom. The molecule has 8 heteroatoms. The van der Waals surface area contributed by atoms with Gasteiger partial charge in [0.2, 0.25) is 5.91 Å². The van der Waals surface area contributed by atoms with E-state index in [1.54, 1.807) is 24.1 Å². The molecule has 142 valence electrons. The number of nitrogens with zero attached hydrogens (tertiary/aromatic N) is 1. The highest BCUT2D eigenvalue weighted by molar-refractivity contribution is 5.99. The van der Waals surface area contributed by atoms with Crippen molar-refractivity contribution in [3.8, 4) is 11.5 Å². The van der Waals surface area contributed by atoms with Gasteiger partial charge in [-0.15, -0.1) is 12.4 Å². The number of anilines is 1. The summed E-state index contributed by atoms with van der Waals surface area (Å²) < 4.78 is 10.6. The Balaban J connectivity index is 0.00000576. The molecule has 0 radical (unpaired) electrons. The number of methoxy groups -OCH3 is 2. The smallest absolute Gasteiger partial charge is 0.253 e. The van der Waals surface area contributed by atoms with Crippen molar-refractivity contribution in [1.82, 2.24) is 4.90 Å². The first-order chi connectivity index (χ1) is 11.1. The lowest BCUT2D eigenvalue weighted by Crippen LogP contribution is -2.39. The van der Waals surface area contributed by atoms with Crippen molar-refractivity contribution < 1.29 is 19.1 Å². The minimum Gasteiger partial charge on any atom is -0.493 e. The second-order valence-corrected chi connectivity index (χ2v) is 6.47. The fourth-order valence-corrected chi connectivity index (χ4v) is 2.37. The van der Waals surface area contributed by atoms with Gasteiger partial charge in [0.05, 0.1) is 19.9 Å². The molecule has 0 heterocycles. The van der Waals surface area contributed by atoms with E-state index in [9.17, 15) is 9.59 Å². The lowest BCUT2D eigenvalue weighted by Gasteiger charge is -2.29. The monoisotopic (exact) mass is 373 g/mol. The molecular weight excluding hydrogens is 346 g/mol. The second-order valence-electron chi connectivity index (χ2n) is 6.47. The van der Waals surface area contributed by atoms with Crippen molar-refractivity contribution >= 4 is 29.9 Å². The summed E-state index contributed by atoms with van der Waals surface area (Å²) in [6.07, 6.45) is 0. The van der Waals surface area contributed by atoms with E-state index in [1.165, 1.54) is 21.1 Å². The van der Waals surface area contributed by atoms with Gasteiger partial charge in [-0.05, 0) is 24.1 Å². The number of benzene rings is 1. The van der Waals surface area contributed by atoms with Gasteiger partial charge >= 0.3 is 0 Å². The summed E-state index contributed by atoms with van der Waals surface area (Å²) in [7, 11) is 4.67. The minimum atomic E-state index is -0.266. The summed E-state index contributed by atoms with van der Waals surface area (Å²) >= 11 is 0. The normalized spacial score (nSPS) is 10.5. The number of carbonyl (C=O) groups excluding carboxylic acids is 2. The average molecular weight is 374 g/mol. The predicted molar refractivity (Wildman–Crippen MR) is 101 cm³/mol. The van der Waals surface area contributed by atoms with E-state index in [0.717, 1.165) is 0 Å². The van der Waals surface area contributed by atoms with E-state index in [0.29, 0.717) is 35.8 Å². The number of halogens is 1. The van der Waals surface area contributed by atoms with Gasteiger partial charge in [0.15, 0.2) is 11.5 Å². The van der Waals surface area contributed by atoms with Gasteiger partial charge in [0.1, 0.15) is 0 Å². The van der Waals surface area contributed by atoms with Crippen molar-refractivity contribution in [2.45, 2.75) is 20.8 Å². The van der Waals surface area contributed by atoms with Gasteiger partial charge in [-0.1, -0.05) is 13.8 Å². The van der Waals surface area contributed by atoms with Crippen LogP contribution in [-0.2, 0) is 4.79 Å². The van der Waals surface area contributed by atoms with Crippen LogP contribution in [0.4, 0.5) is 5.69 Å². The van der Waals surface area contributed by atoms with Crippen LogP contribution in [-0.4, -0.2) is 51.1 Å². The molecule has 25 heavy (non-hydrogen) atoms. The summed E-state index contributed by atoms with van der Waals surface area (Å²) in [5, 5.41) is 2.66. The molecule has 0 unspecified atom stereocenters. The number of rotatable bonds is 7. The zero-order chi connectivity index (χ0) is 18.5. The average Bonchev–Trinajstić information content (AvgIpc) is 2.52. The van der Waals surface area contributed by atoms with E-state index in [-0.39, 0.29) is 29.6 Å². The highest BCUT2D eigenvalue weighted by Crippen LogP contribution is 2.37. The van der Waals surface area contributed by atoms with Crippen LogP contribution in [0.1, 0.15) is 31.1 Å². The molecule has 0 atom stereocenters. The highest BCUT2D eigenvalue weighted by Gasteiger charge is 2.24. The van der Waals surface area contributed by atoms with E-state index < -0.39 is 0 Å². The molecule has 2 amide bonds. The third kappa shape index (κ3) is 6.10. The number of ether oxygens (including phenoxy) is 2. The Hall–Kier alpha value is -1.99. The zero-order valence-corrected chi connectivity index (χ0v) is 16.5. The Morgan fingerprint density at radius 2 is 1.84 bits per heavy atom. The molecular formula is C17H28ClN3O4. The second kappa shape index (κ2) is 9.48. The van der Waals surface area contributed by atoms with Crippen molar-refractivity contribution in [3.05, 3.63) is 17.7 Å². The van der Waals surface area contributed by atoms with Crippen molar-refractivity contribution in [2.75, 3.05) is 39.7 Å². The highest BCUT2D eigenvalue weighted by atomic mass is 35.5. The van der Waals surface area contributed by atoms with Crippen LogP contribution in [0.15, 0.2) is 12.1 Å². The first kappa shape index (κ1) is 23.0. The number of carbonyl (C=O) groups is 2. The van der Waals surface area contributed by atoms with Gasteiger partial charge in [0, 0.05) is 26.1 Å². The number of amides is 2. The number of hydrogen-bond acceptors (Lipinski definition) is 5. The standard InChI is InChI=1S/C17H27N3O4.ClH/c1-11(21)19-13-7-12(8-14(23-5)15(13)24-6)16(22)20(4)10-17(2,3)9-18;/h7-8H,9-10,18H2,1-6H3,(H,19,21);1H. The van der Waals surface area contributed by atoms with Gasteiger partial charge in [-0.25, -0.2) is 0 Å². The van der Waals surface area contributed by atoms with Crippen LogP contribution in [0.5, 0.6) is 11.5 Å². The van der Waals surface area contributed by atoms with E-state index in [1.807, 2.05) is 13.8 Å². The molecule has 7 nitrogen and oxygen atoms in total. The molecule has 0 aliphatic carbocycles. The fourth-order valence-electron chi connectivity index (χ4n) is 2.37. The first-order valence-electron chi connectivity index (χ1n) is 7.64. The number of nitrogens with two attached hydrogens (primary N) is 1. The van der Waals surface area contributed by atoms with Crippen LogP contribution in [0, 0.1) is 5.41 Å². The van der Waals surface area contributed by atoms with Gasteiger partial charge < -0.3 is 25.4 Å². The number of hydrogen-bond donors (Lipinski definition) is 2. The van der Waals surface area contributed by atoms with E-state index >= 15 is 0 Å². The van der Waals surface area contributed by atoms with Crippen molar-refractivity contribution in [3.63, 3.8) is 0 Å². The summed E-state index contributed by atoms with van der Waals surface area (Å²) in [5.74, 6) is 0.287. The molecule has 1 rings (SSSR count). The molecule has 0 bridgehead atoms. The largest absolute Gasteiger partial charge is 0.493 e. The van der Waals surface area contributed by atoms with E-state index in [2.05, 4.69) is 5.32 Å². The summed E-state index contributed by atoms with van der Waals surface area (Å²) in [6.45, 7) is 6.35. The molecule has 0 saturated heterocycles. The molecule has 1 aromatic rings. The van der Waals surface area contributed by atoms with Crippen LogP contribution in [0.2, 0.25) is 0 Å². The zero-order valence-electron chi connectivity index (χ0n) is 15.6. The maximum atomic E-state index is 12.7. The lowest BCUT2D eigenvalue weighted by molar-refractivity contribution is -0.114. The Bertz CT molecular complexity index is 620. The van der Waals surface area contributed by atoms with Crippen LogP contribution in [0.3, 0.4) is 0 Å². The molecule has 0 fully saturated rings. The maximum absolute atomic E-state index is 12.7. The quantitative estimate of drug-likeness (QED) is 0.763. The molecule has 0 spiro atoms. The summed E-state index contributed by atoms with van der Waals surface area (Å²) in [6, 6.07) is 3.18. The first-order valence-corrected chi connectivity index (χ1v) is 7.64. The minimum absolute atomic E-state index is 0. The molecule has 0 aromatic heterocycles. The topological polar surface area (TPSA) is 93.9 Å². The Labute approximate surface area is 155 Å².